The maximum Gasteiger partial charge on any atom is 0.372 e. The molecule has 0 saturated carbocycles. The zero-order valence-corrected chi connectivity index (χ0v) is 14.7. The minimum Gasteiger partial charge on any atom is -0.334 e. The second-order valence-corrected chi connectivity index (χ2v) is 6.35. The third-order valence-electron chi connectivity index (χ3n) is 3.98. The van der Waals surface area contributed by atoms with Gasteiger partial charge in [0.1, 0.15) is 5.69 Å². The molecule has 1 N–H and O–H groups in total. The molecule has 0 aliphatic carbocycles. The van der Waals surface area contributed by atoms with Crippen molar-refractivity contribution in [1.29, 1.82) is 0 Å². The topological polar surface area (TPSA) is 37.6 Å². The Morgan fingerprint density at radius 2 is 2.00 bits per heavy atom. The summed E-state index contributed by atoms with van der Waals surface area (Å²) in [7, 11) is 0. The van der Waals surface area contributed by atoms with Crippen molar-refractivity contribution in [2.24, 2.45) is 0 Å². The van der Waals surface area contributed by atoms with E-state index in [1.807, 2.05) is 13.8 Å². The number of nitrogens with zero attached hydrogens (tertiary/aromatic N) is 2. The molecule has 0 atom stereocenters. The van der Waals surface area contributed by atoms with E-state index in [1.165, 1.54) is 18.3 Å². The summed E-state index contributed by atoms with van der Waals surface area (Å²) >= 11 is 1.16. The second kappa shape index (κ2) is 8.30. The van der Waals surface area contributed by atoms with Gasteiger partial charge in [0, 0.05) is 6.20 Å². The molecule has 2 heterocycles. The van der Waals surface area contributed by atoms with Gasteiger partial charge in [0.2, 0.25) is 0 Å². The fraction of sp³-hybridized carbons (Fsp3) is 0.412. The molecule has 0 unspecified atom stereocenters. The number of rotatable bonds is 8. The van der Waals surface area contributed by atoms with Crippen molar-refractivity contribution in [1.82, 2.24) is 9.88 Å². The third-order valence-corrected chi connectivity index (χ3v) is 4.84. The minimum absolute atomic E-state index is 0.0304. The average Bonchev–Trinajstić information content (AvgIpc) is 3.13. The number of hydrogen-bond acceptors (Lipinski definition) is 3. The van der Waals surface area contributed by atoms with Crippen LogP contribution in [0.4, 0.5) is 8.78 Å². The molecule has 2 rings (SSSR count). The van der Waals surface area contributed by atoms with Gasteiger partial charge in [-0.1, -0.05) is 12.1 Å². The van der Waals surface area contributed by atoms with Crippen LogP contribution in [0.3, 0.4) is 0 Å². The zero-order valence-electron chi connectivity index (χ0n) is 13.8. The number of hydrogen-bond donors (Lipinski definition) is 1. The molecule has 0 radical (unpaired) electrons. The summed E-state index contributed by atoms with van der Waals surface area (Å²) in [5, 5.41) is 1.71. The Morgan fingerprint density at radius 1 is 1.25 bits per heavy atom. The number of quaternary nitrogens is 1. The molecule has 0 spiro atoms. The van der Waals surface area contributed by atoms with Gasteiger partial charge in [0.15, 0.2) is 0 Å². The first-order chi connectivity index (χ1) is 11.5. The van der Waals surface area contributed by atoms with Crippen LogP contribution in [0.1, 0.15) is 29.2 Å². The van der Waals surface area contributed by atoms with Crippen LogP contribution in [-0.2, 0) is 6.05 Å². The molecule has 0 aliphatic heterocycles. The van der Waals surface area contributed by atoms with Crippen molar-refractivity contribution in [3.05, 3.63) is 52.5 Å². The Labute approximate surface area is 144 Å². The highest BCUT2D eigenvalue weighted by Crippen LogP contribution is 2.32. The van der Waals surface area contributed by atoms with Gasteiger partial charge in [0.05, 0.1) is 31.1 Å². The van der Waals surface area contributed by atoms with Gasteiger partial charge in [-0.3, -0.25) is 14.7 Å². The van der Waals surface area contributed by atoms with E-state index in [-0.39, 0.29) is 6.54 Å². The summed E-state index contributed by atoms with van der Waals surface area (Å²) in [6.45, 7) is 6.09. The Hall–Kier alpha value is -1.86. The summed E-state index contributed by atoms with van der Waals surface area (Å²) in [6, 6.07) is 4.13. The fourth-order valence-corrected chi connectivity index (χ4v) is 3.13. The van der Waals surface area contributed by atoms with Crippen LogP contribution in [0, 0.1) is 0 Å². The average molecular weight is 354 g/mol. The predicted molar refractivity (Wildman–Crippen MR) is 90.4 cm³/mol. The number of alkyl halides is 2. The van der Waals surface area contributed by atoms with Gasteiger partial charge in [-0.15, -0.1) is 11.3 Å². The molecule has 130 valence electrons. The number of carbonyl (C=O) groups is 1. The number of thiophene rings is 1. The SMILES string of the molecule is CC[NH+](CC)CCN(C(=O)c1cccs1)C(F)(F)c1ccccn1. The highest BCUT2D eigenvalue weighted by atomic mass is 32.1. The summed E-state index contributed by atoms with van der Waals surface area (Å²) in [6.07, 6.45) is 1.31. The number of nitrogens with one attached hydrogen (secondary N) is 1. The first kappa shape index (κ1) is 18.5. The van der Waals surface area contributed by atoms with Crippen molar-refractivity contribution in [3.8, 4) is 0 Å². The quantitative estimate of drug-likeness (QED) is 0.739. The highest BCUT2D eigenvalue weighted by molar-refractivity contribution is 7.12. The number of carbonyl (C=O) groups excluding carboxylic acids is 1. The lowest BCUT2D eigenvalue weighted by molar-refractivity contribution is -0.896. The van der Waals surface area contributed by atoms with Gasteiger partial charge in [-0.25, -0.2) is 0 Å². The van der Waals surface area contributed by atoms with Gasteiger partial charge in [-0.2, -0.15) is 8.78 Å². The van der Waals surface area contributed by atoms with Crippen LogP contribution < -0.4 is 4.90 Å². The van der Waals surface area contributed by atoms with Gasteiger partial charge >= 0.3 is 6.05 Å². The Morgan fingerprint density at radius 3 is 2.54 bits per heavy atom. The number of amides is 1. The van der Waals surface area contributed by atoms with Crippen molar-refractivity contribution < 1.29 is 18.5 Å². The summed E-state index contributed by atoms with van der Waals surface area (Å²) in [4.78, 5) is 18.5. The Bertz CT molecular complexity index is 631. The van der Waals surface area contributed by atoms with Crippen molar-refractivity contribution in [3.63, 3.8) is 0 Å². The second-order valence-electron chi connectivity index (χ2n) is 5.40. The highest BCUT2D eigenvalue weighted by Gasteiger charge is 2.44. The van der Waals surface area contributed by atoms with Gasteiger partial charge < -0.3 is 4.90 Å². The molecule has 0 aromatic carbocycles. The molecule has 2 aromatic heterocycles. The number of halogens is 2. The monoisotopic (exact) mass is 354 g/mol. The lowest BCUT2D eigenvalue weighted by Gasteiger charge is -2.31. The van der Waals surface area contributed by atoms with E-state index in [2.05, 4.69) is 4.98 Å². The van der Waals surface area contributed by atoms with Gasteiger partial charge in [0.25, 0.3) is 5.91 Å². The number of aromatic nitrogens is 1. The van der Waals surface area contributed by atoms with E-state index in [9.17, 15) is 13.6 Å². The minimum atomic E-state index is -3.45. The molecule has 0 aliphatic rings. The van der Waals surface area contributed by atoms with Crippen molar-refractivity contribution >= 4 is 17.2 Å². The van der Waals surface area contributed by atoms with Crippen LogP contribution in [0.15, 0.2) is 41.9 Å². The van der Waals surface area contributed by atoms with Crippen LogP contribution in [0.25, 0.3) is 0 Å². The maximum atomic E-state index is 15.0. The lowest BCUT2D eigenvalue weighted by Crippen LogP contribution is -3.12. The van der Waals surface area contributed by atoms with Gasteiger partial charge in [-0.05, 0) is 37.4 Å². The molecular formula is C17H22F2N3OS+. The maximum absolute atomic E-state index is 15.0. The van der Waals surface area contributed by atoms with Crippen molar-refractivity contribution in [2.45, 2.75) is 19.9 Å². The first-order valence-corrected chi connectivity index (χ1v) is 8.87. The molecule has 7 heteroatoms. The molecule has 24 heavy (non-hydrogen) atoms. The van der Waals surface area contributed by atoms with E-state index in [0.717, 1.165) is 29.3 Å². The smallest absolute Gasteiger partial charge is 0.334 e. The summed E-state index contributed by atoms with van der Waals surface area (Å²) in [5.41, 5.74) is -0.413. The largest absolute Gasteiger partial charge is 0.372 e. The van der Waals surface area contributed by atoms with E-state index in [4.69, 9.17) is 0 Å². The fourth-order valence-electron chi connectivity index (χ4n) is 2.46. The molecule has 2 aromatic rings. The van der Waals surface area contributed by atoms with E-state index in [1.54, 1.807) is 23.6 Å². The zero-order chi connectivity index (χ0) is 17.6. The van der Waals surface area contributed by atoms with Crippen LogP contribution in [0.2, 0.25) is 0 Å². The molecule has 1 amide bonds. The number of pyridine rings is 1. The Kier molecular flexibility index (Phi) is 6.39. The molecular weight excluding hydrogens is 332 g/mol. The lowest BCUT2D eigenvalue weighted by atomic mass is 10.2. The Balaban J connectivity index is 2.29. The summed E-state index contributed by atoms with van der Waals surface area (Å²) in [5.74, 6) is -0.660. The van der Waals surface area contributed by atoms with Crippen LogP contribution in [-0.4, -0.2) is 42.0 Å². The van der Waals surface area contributed by atoms with E-state index in [0.29, 0.717) is 16.3 Å². The molecule has 0 bridgehead atoms. The summed E-state index contributed by atoms with van der Waals surface area (Å²) < 4.78 is 29.9. The molecule has 0 fully saturated rings. The van der Waals surface area contributed by atoms with E-state index < -0.39 is 17.6 Å². The first-order valence-electron chi connectivity index (χ1n) is 7.99. The molecule has 0 saturated heterocycles. The number of likely N-dealkylation sites (N-methyl/N-ethyl adjacent to an activating group) is 1. The van der Waals surface area contributed by atoms with E-state index >= 15 is 0 Å². The van der Waals surface area contributed by atoms with Crippen LogP contribution >= 0.6 is 11.3 Å². The molecule has 4 nitrogen and oxygen atoms in total. The standard InChI is InChI=1S/C17H21F2N3OS/c1-3-21(4-2)11-12-22(16(23)14-8-7-13-24-14)17(18,19)15-9-5-6-10-20-15/h5-10,13H,3-4,11-12H2,1-2H3/p+1. The van der Waals surface area contributed by atoms with Crippen molar-refractivity contribution in [2.75, 3.05) is 26.2 Å². The van der Waals surface area contributed by atoms with Crippen LogP contribution in [0.5, 0.6) is 0 Å². The normalized spacial score (nSPS) is 11.7. The third kappa shape index (κ3) is 4.15. The predicted octanol–water partition coefficient (Wildman–Crippen LogP) is 2.26.